The van der Waals surface area contributed by atoms with E-state index in [4.69, 9.17) is 15.2 Å². The summed E-state index contributed by atoms with van der Waals surface area (Å²) in [6.07, 6.45) is 6.13. The fraction of sp³-hybridized carbons (Fsp3) is 0.562. The van der Waals surface area contributed by atoms with E-state index in [1.807, 2.05) is 18.2 Å². The van der Waals surface area contributed by atoms with Gasteiger partial charge in [0.1, 0.15) is 0 Å². The molecule has 1 aliphatic heterocycles. The number of anilines is 1. The lowest BCUT2D eigenvalue weighted by molar-refractivity contribution is 0.297. The normalized spacial score (nSPS) is 18.8. The minimum absolute atomic E-state index is 0.462. The van der Waals surface area contributed by atoms with Crippen LogP contribution in [-0.4, -0.2) is 25.7 Å². The molecule has 0 atom stereocenters. The topological polar surface area (TPSA) is 68.9 Å². The van der Waals surface area contributed by atoms with Gasteiger partial charge in [0.25, 0.3) is 0 Å². The Morgan fingerprint density at radius 2 is 2.00 bits per heavy atom. The third-order valence-electron chi connectivity index (χ3n) is 4.06. The van der Waals surface area contributed by atoms with Crippen molar-refractivity contribution in [1.29, 1.82) is 0 Å². The molecule has 1 aliphatic carbocycles. The SMILES string of the molecule is NC(=NCCC1CCC1)Nc1ccc2c(c1)OCCCO2. The molecular weight excluding hydrogens is 266 g/mol. The number of ether oxygens (including phenoxy) is 2. The average molecular weight is 289 g/mol. The molecule has 0 aromatic heterocycles. The molecule has 2 aliphatic rings. The monoisotopic (exact) mass is 289 g/mol. The van der Waals surface area contributed by atoms with Crippen LogP contribution in [-0.2, 0) is 0 Å². The maximum Gasteiger partial charge on any atom is 0.193 e. The van der Waals surface area contributed by atoms with E-state index in [2.05, 4.69) is 10.3 Å². The van der Waals surface area contributed by atoms with E-state index in [-0.39, 0.29) is 0 Å². The molecule has 0 spiro atoms. The third-order valence-corrected chi connectivity index (χ3v) is 4.06. The summed E-state index contributed by atoms with van der Waals surface area (Å²) in [5, 5.41) is 3.11. The number of fused-ring (bicyclic) bond motifs is 1. The molecule has 0 saturated heterocycles. The van der Waals surface area contributed by atoms with Crippen molar-refractivity contribution < 1.29 is 9.47 Å². The number of nitrogens with zero attached hydrogens (tertiary/aromatic N) is 1. The maximum absolute atomic E-state index is 5.93. The van der Waals surface area contributed by atoms with Crippen molar-refractivity contribution in [3.8, 4) is 11.5 Å². The Bertz CT molecular complexity index is 512. The molecule has 0 unspecified atom stereocenters. The van der Waals surface area contributed by atoms with E-state index in [9.17, 15) is 0 Å². The number of hydrogen-bond acceptors (Lipinski definition) is 3. The number of benzene rings is 1. The molecule has 0 bridgehead atoms. The quantitative estimate of drug-likeness (QED) is 0.660. The van der Waals surface area contributed by atoms with Crippen molar-refractivity contribution >= 4 is 11.6 Å². The van der Waals surface area contributed by atoms with Crippen LogP contribution >= 0.6 is 0 Å². The van der Waals surface area contributed by atoms with Gasteiger partial charge < -0.3 is 20.5 Å². The fourth-order valence-corrected chi connectivity index (χ4v) is 2.58. The second kappa shape index (κ2) is 6.70. The summed E-state index contributed by atoms with van der Waals surface area (Å²) in [4.78, 5) is 4.38. The summed E-state index contributed by atoms with van der Waals surface area (Å²) in [6, 6.07) is 5.75. The van der Waals surface area contributed by atoms with Crippen molar-refractivity contribution in [3.05, 3.63) is 18.2 Å². The summed E-state index contributed by atoms with van der Waals surface area (Å²) in [7, 11) is 0. The lowest BCUT2D eigenvalue weighted by Crippen LogP contribution is -2.23. The molecule has 1 aromatic carbocycles. The first-order valence-corrected chi connectivity index (χ1v) is 7.78. The van der Waals surface area contributed by atoms with E-state index >= 15 is 0 Å². The second-order valence-electron chi connectivity index (χ2n) is 5.69. The predicted octanol–water partition coefficient (Wildman–Crippen LogP) is 2.76. The molecule has 3 rings (SSSR count). The van der Waals surface area contributed by atoms with Crippen LogP contribution in [0.3, 0.4) is 0 Å². The van der Waals surface area contributed by atoms with Gasteiger partial charge in [-0.2, -0.15) is 0 Å². The van der Waals surface area contributed by atoms with Gasteiger partial charge in [-0.05, 0) is 24.5 Å². The van der Waals surface area contributed by atoms with Crippen LogP contribution in [0.15, 0.2) is 23.2 Å². The number of hydrogen-bond donors (Lipinski definition) is 2. The van der Waals surface area contributed by atoms with Gasteiger partial charge in [0.15, 0.2) is 17.5 Å². The smallest absolute Gasteiger partial charge is 0.193 e. The Hall–Kier alpha value is -1.91. The highest BCUT2D eigenvalue weighted by Crippen LogP contribution is 2.32. The van der Waals surface area contributed by atoms with Gasteiger partial charge in [-0.15, -0.1) is 0 Å². The first-order chi connectivity index (χ1) is 10.3. The Labute approximate surface area is 125 Å². The van der Waals surface area contributed by atoms with Crippen LogP contribution in [0.25, 0.3) is 0 Å². The zero-order valence-corrected chi connectivity index (χ0v) is 12.3. The molecule has 1 fully saturated rings. The van der Waals surface area contributed by atoms with Crippen molar-refractivity contribution in [2.75, 3.05) is 25.1 Å². The van der Waals surface area contributed by atoms with E-state index in [1.54, 1.807) is 0 Å². The number of nitrogens with two attached hydrogens (primary N) is 1. The number of guanidine groups is 1. The zero-order chi connectivity index (χ0) is 14.5. The van der Waals surface area contributed by atoms with Gasteiger partial charge in [-0.1, -0.05) is 19.3 Å². The minimum atomic E-state index is 0.462. The molecule has 1 saturated carbocycles. The number of nitrogens with one attached hydrogen (secondary N) is 1. The molecule has 21 heavy (non-hydrogen) atoms. The zero-order valence-electron chi connectivity index (χ0n) is 12.3. The Morgan fingerprint density at radius 3 is 2.76 bits per heavy atom. The predicted molar refractivity (Wildman–Crippen MR) is 84.1 cm³/mol. The average Bonchev–Trinajstić information content (AvgIpc) is 2.66. The van der Waals surface area contributed by atoms with E-state index in [1.165, 1.54) is 19.3 Å². The van der Waals surface area contributed by atoms with E-state index in [0.29, 0.717) is 19.2 Å². The highest BCUT2D eigenvalue weighted by molar-refractivity contribution is 5.92. The largest absolute Gasteiger partial charge is 0.490 e. The summed E-state index contributed by atoms with van der Waals surface area (Å²) in [5.74, 6) is 2.88. The highest BCUT2D eigenvalue weighted by atomic mass is 16.5. The molecule has 1 heterocycles. The molecule has 0 amide bonds. The van der Waals surface area contributed by atoms with Gasteiger partial charge in [0, 0.05) is 24.7 Å². The molecule has 114 valence electrons. The second-order valence-corrected chi connectivity index (χ2v) is 5.69. The first kappa shape index (κ1) is 14.0. The summed E-state index contributed by atoms with van der Waals surface area (Å²) >= 11 is 0. The Morgan fingerprint density at radius 1 is 1.19 bits per heavy atom. The van der Waals surface area contributed by atoms with Crippen LogP contribution < -0.4 is 20.5 Å². The number of aliphatic imine (C=N–C) groups is 1. The molecule has 0 radical (unpaired) electrons. The van der Waals surface area contributed by atoms with Gasteiger partial charge in [0.05, 0.1) is 13.2 Å². The van der Waals surface area contributed by atoms with Gasteiger partial charge in [-0.3, -0.25) is 4.99 Å². The molecule has 5 nitrogen and oxygen atoms in total. The van der Waals surface area contributed by atoms with Crippen LogP contribution in [0.1, 0.15) is 32.1 Å². The van der Waals surface area contributed by atoms with Crippen molar-refractivity contribution in [2.24, 2.45) is 16.6 Å². The highest BCUT2D eigenvalue weighted by Gasteiger charge is 2.16. The van der Waals surface area contributed by atoms with Gasteiger partial charge >= 0.3 is 0 Å². The molecule has 1 aromatic rings. The number of rotatable bonds is 4. The van der Waals surface area contributed by atoms with Crippen molar-refractivity contribution in [1.82, 2.24) is 0 Å². The molecular formula is C16H23N3O2. The van der Waals surface area contributed by atoms with Crippen molar-refractivity contribution in [3.63, 3.8) is 0 Å². The third kappa shape index (κ3) is 3.80. The molecule has 5 heteroatoms. The van der Waals surface area contributed by atoms with Gasteiger partial charge in [0.2, 0.25) is 0 Å². The van der Waals surface area contributed by atoms with E-state index < -0.39 is 0 Å². The Balaban J connectivity index is 1.56. The summed E-state index contributed by atoms with van der Waals surface area (Å²) in [6.45, 7) is 2.18. The Kier molecular flexibility index (Phi) is 4.48. The fourth-order valence-electron chi connectivity index (χ4n) is 2.58. The summed E-state index contributed by atoms with van der Waals surface area (Å²) in [5.41, 5.74) is 6.80. The van der Waals surface area contributed by atoms with Crippen LogP contribution in [0.4, 0.5) is 5.69 Å². The first-order valence-electron chi connectivity index (χ1n) is 7.78. The maximum atomic E-state index is 5.93. The van der Waals surface area contributed by atoms with Crippen LogP contribution in [0, 0.1) is 5.92 Å². The standard InChI is InChI=1S/C16H23N3O2/c17-16(18-8-7-12-3-1-4-12)19-13-5-6-14-15(11-13)21-10-2-9-20-14/h5-6,11-12H,1-4,7-10H2,(H3,17,18,19). The van der Waals surface area contributed by atoms with E-state index in [0.717, 1.165) is 42.5 Å². The summed E-state index contributed by atoms with van der Waals surface area (Å²) < 4.78 is 11.3. The van der Waals surface area contributed by atoms with Crippen molar-refractivity contribution in [2.45, 2.75) is 32.1 Å². The molecule has 3 N–H and O–H groups in total. The minimum Gasteiger partial charge on any atom is -0.490 e. The lowest BCUT2D eigenvalue weighted by Gasteiger charge is -2.24. The van der Waals surface area contributed by atoms with Crippen LogP contribution in [0.5, 0.6) is 11.5 Å². The lowest BCUT2D eigenvalue weighted by atomic mass is 9.83. The van der Waals surface area contributed by atoms with Crippen LogP contribution in [0.2, 0.25) is 0 Å². The van der Waals surface area contributed by atoms with Gasteiger partial charge in [-0.25, -0.2) is 0 Å².